The van der Waals surface area contributed by atoms with E-state index in [9.17, 15) is 14.4 Å². The minimum absolute atomic E-state index is 0.0361. The number of hydrogen-bond acceptors (Lipinski definition) is 4. The second-order valence-electron chi connectivity index (χ2n) is 6.29. The first-order valence-electron chi connectivity index (χ1n) is 8.74. The Labute approximate surface area is 138 Å². The Morgan fingerprint density at radius 2 is 2.09 bits per heavy atom. The molecule has 2 atom stereocenters. The summed E-state index contributed by atoms with van der Waals surface area (Å²) in [5, 5.41) is 0. The number of allylic oxidation sites excluding steroid dienone is 4. The Morgan fingerprint density at radius 3 is 2.78 bits per heavy atom. The van der Waals surface area contributed by atoms with Crippen LogP contribution < -0.4 is 0 Å². The second-order valence-corrected chi connectivity index (χ2v) is 6.29. The molecule has 126 valence electrons. The molecule has 1 saturated carbocycles. The van der Waals surface area contributed by atoms with Gasteiger partial charge in [-0.1, -0.05) is 31.1 Å². The molecule has 4 nitrogen and oxygen atoms in total. The highest BCUT2D eigenvalue weighted by Gasteiger charge is 2.34. The van der Waals surface area contributed by atoms with Crippen LogP contribution in [0.2, 0.25) is 0 Å². The molecule has 0 amide bonds. The van der Waals surface area contributed by atoms with Gasteiger partial charge in [0.1, 0.15) is 5.78 Å². The van der Waals surface area contributed by atoms with Gasteiger partial charge in [0, 0.05) is 24.3 Å². The topological polar surface area (TPSA) is 60.4 Å². The van der Waals surface area contributed by atoms with E-state index in [0.29, 0.717) is 25.9 Å². The van der Waals surface area contributed by atoms with Crippen LogP contribution in [0.15, 0.2) is 23.8 Å². The fourth-order valence-corrected chi connectivity index (χ4v) is 3.37. The van der Waals surface area contributed by atoms with Gasteiger partial charge in [0.25, 0.3) is 0 Å². The lowest BCUT2D eigenvalue weighted by Gasteiger charge is -2.15. The molecule has 2 aliphatic carbocycles. The standard InChI is InChI=1S/C19H26O4/c1-2-23-18(21)13-5-3-4-8-14-9-6-10-15(14)19(22)16-11-7-12-17(16)20/h6,9-10,14,16H,2-5,7-8,11-13H2,1H3. The van der Waals surface area contributed by atoms with Crippen molar-refractivity contribution in [2.45, 2.75) is 58.3 Å². The zero-order chi connectivity index (χ0) is 16.7. The monoisotopic (exact) mass is 318 g/mol. The average Bonchev–Trinajstić information content (AvgIpc) is 3.15. The Bertz CT molecular complexity index is 515. The highest BCUT2D eigenvalue weighted by atomic mass is 16.5. The minimum atomic E-state index is -0.396. The first-order chi connectivity index (χ1) is 11.1. The van der Waals surface area contributed by atoms with E-state index in [4.69, 9.17) is 4.74 Å². The molecule has 0 saturated heterocycles. The van der Waals surface area contributed by atoms with Gasteiger partial charge in [0.05, 0.1) is 12.5 Å². The van der Waals surface area contributed by atoms with E-state index in [2.05, 4.69) is 6.08 Å². The molecule has 2 aliphatic rings. The number of Topliss-reactive ketones (excluding diaryl/α,β-unsaturated/α-hetero) is 2. The van der Waals surface area contributed by atoms with E-state index >= 15 is 0 Å². The van der Waals surface area contributed by atoms with Crippen LogP contribution in [0.1, 0.15) is 58.3 Å². The molecule has 0 aromatic carbocycles. The number of rotatable bonds is 9. The summed E-state index contributed by atoms with van der Waals surface area (Å²) in [5.74, 6) is -0.250. The summed E-state index contributed by atoms with van der Waals surface area (Å²) >= 11 is 0. The van der Waals surface area contributed by atoms with Crippen LogP contribution in [-0.4, -0.2) is 24.1 Å². The van der Waals surface area contributed by atoms with Gasteiger partial charge in [0.2, 0.25) is 0 Å². The molecular formula is C19H26O4. The van der Waals surface area contributed by atoms with Gasteiger partial charge in [-0.15, -0.1) is 0 Å². The van der Waals surface area contributed by atoms with E-state index in [-0.39, 0.29) is 23.5 Å². The number of esters is 1. The van der Waals surface area contributed by atoms with Gasteiger partial charge in [-0.05, 0) is 32.6 Å². The molecule has 0 aliphatic heterocycles. The lowest BCUT2D eigenvalue weighted by molar-refractivity contribution is -0.143. The third-order valence-electron chi connectivity index (χ3n) is 4.63. The number of carbonyl (C=O) groups is 3. The van der Waals surface area contributed by atoms with Gasteiger partial charge in [0.15, 0.2) is 5.78 Å². The van der Waals surface area contributed by atoms with Crippen molar-refractivity contribution in [3.05, 3.63) is 23.8 Å². The van der Waals surface area contributed by atoms with E-state index in [0.717, 1.165) is 37.7 Å². The summed E-state index contributed by atoms with van der Waals surface area (Å²) in [6, 6.07) is 0. The van der Waals surface area contributed by atoms with Crippen molar-refractivity contribution in [1.29, 1.82) is 0 Å². The van der Waals surface area contributed by atoms with Gasteiger partial charge in [-0.2, -0.15) is 0 Å². The molecule has 0 aromatic rings. The van der Waals surface area contributed by atoms with Crippen molar-refractivity contribution >= 4 is 17.5 Å². The zero-order valence-corrected chi connectivity index (χ0v) is 13.9. The fourth-order valence-electron chi connectivity index (χ4n) is 3.37. The van der Waals surface area contributed by atoms with Gasteiger partial charge < -0.3 is 4.74 Å². The van der Waals surface area contributed by atoms with E-state index in [1.165, 1.54) is 0 Å². The zero-order valence-electron chi connectivity index (χ0n) is 13.9. The lowest BCUT2D eigenvalue weighted by atomic mass is 9.87. The molecule has 0 bridgehead atoms. The lowest BCUT2D eigenvalue weighted by Crippen LogP contribution is -2.23. The van der Waals surface area contributed by atoms with Crippen LogP contribution in [-0.2, 0) is 19.1 Å². The third-order valence-corrected chi connectivity index (χ3v) is 4.63. The molecule has 1 fully saturated rings. The Hall–Kier alpha value is -1.71. The smallest absolute Gasteiger partial charge is 0.305 e. The molecule has 0 N–H and O–H groups in total. The third kappa shape index (κ3) is 4.88. The van der Waals surface area contributed by atoms with Crippen molar-refractivity contribution in [3.63, 3.8) is 0 Å². The molecule has 0 spiro atoms. The normalized spacial score (nSPS) is 23.2. The number of unbranched alkanes of at least 4 members (excludes halogenated alkanes) is 2. The molecule has 0 radical (unpaired) electrons. The van der Waals surface area contributed by atoms with Crippen molar-refractivity contribution in [2.75, 3.05) is 6.61 Å². The molecule has 0 heterocycles. The minimum Gasteiger partial charge on any atom is -0.466 e. The van der Waals surface area contributed by atoms with Crippen LogP contribution in [0.4, 0.5) is 0 Å². The summed E-state index contributed by atoms with van der Waals surface area (Å²) in [4.78, 5) is 35.6. The van der Waals surface area contributed by atoms with Crippen LogP contribution in [0.3, 0.4) is 0 Å². The fraction of sp³-hybridized carbons (Fsp3) is 0.632. The number of ether oxygens (including phenoxy) is 1. The van der Waals surface area contributed by atoms with Crippen LogP contribution >= 0.6 is 0 Å². The maximum Gasteiger partial charge on any atom is 0.305 e. The van der Waals surface area contributed by atoms with Gasteiger partial charge >= 0.3 is 5.97 Å². The predicted octanol–water partition coefficient (Wildman–Crippen LogP) is 3.55. The maximum atomic E-state index is 12.5. The van der Waals surface area contributed by atoms with E-state index < -0.39 is 5.92 Å². The summed E-state index contributed by atoms with van der Waals surface area (Å²) in [6.45, 7) is 2.24. The SMILES string of the molecule is CCOC(=O)CCCCCC1C=CC=C1C(=O)C1CCCC1=O. The van der Waals surface area contributed by atoms with Crippen molar-refractivity contribution in [2.24, 2.45) is 11.8 Å². The van der Waals surface area contributed by atoms with Crippen molar-refractivity contribution < 1.29 is 19.1 Å². The highest BCUT2D eigenvalue weighted by molar-refractivity contribution is 6.11. The highest BCUT2D eigenvalue weighted by Crippen LogP contribution is 2.32. The largest absolute Gasteiger partial charge is 0.466 e. The van der Waals surface area contributed by atoms with Crippen molar-refractivity contribution in [1.82, 2.24) is 0 Å². The molecule has 0 aromatic heterocycles. The number of hydrogen-bond donors (Lipinski definition) is 0. The summed E-state index contributed by atoms with van der Waals surface area (Å²) in [7, 11) is 0. The molecule has 2 rings (SSSR count). The van der Waals surface area contributed by atoms with Crippen molar-refractivity contribution in [3.8, 4) is 0 Å². The summed E-state index contributed by atoms with van der Waals surface area (Å²) < 4.78 is 4.90. The number of carbonyl (C=O) groups excluding carboxylic acids is 3. The first kappa shape index (κ1) is 17.6. The summed E-state index contributed by atoms with van der Waals surface area (Å²) in [6.07, 6.45) is 12.1. The summed E-state index contributed by atoms with van der Waals surface area (Å²) in [5.41, 5.74) is 0.802. The molecule has 4 heteroatoms. The van der Waals surface area contributed by atoms with E-state index in [1.54, 1.807) is 0 Å². The Kier molecular flexibility index (Phi) is 6.75. The first-order valence-corrected chi connectivity index (χ1v) is 8.74. The molecule has 2 unspecified atom stereocenters. The molecular weight excluding hydrogens is 292 g/mol. The average molecular weight is 318 g/mol. The molecule has 23 heavy (non-hydrogen) atoms. The van der Waals surface area contributed by atoms with Crippen LogP contribution in [0.25, 0.3) is 0 Å². The van der Waals surface area contributed by atoms with Gasteiger partial charge in [-0.3, -0.25) is 14.4 Å². The van der Waals surface area contributed by atoms with E-state index in [1.807, 2.05) is 19.1 Å². The predicted molar refractivity (Wildman–Crippen MR) is 87.8 cm³/mol. The maximum absolute atomic E-state index is 12.5. The van der Waals surface area contributed by atoms with Gasteiger partial charge in [-0.25, -0.2) is 0 Å². The second kappa shape index (κ2) is 8.80. The Balaban J connectivity index is 1.72. The van der Waals surface area contributed by atoms with Crippen LogP contribution in [0.5, 0.6) is 0 Å². The number of ketones is 2. The Morgan fingerprint density at radius 1 is 1.26 bits per heavy atom. The quantitative estimate of drug-likeness (QED) is 0.370. The van der Waals surface area contributed by atoms with Crippen LogP contribution in [0, 0.1) is 11.8 Å².